The van der Waals surface area contributed by atoms with Crippen LogP contribution in [0.3, 0.4) is 0 Å². The molecule has 8 nitrogen and oxygen atoms in total. The highest BCUT2D eigenvalue weighted by molar-refractivity contribution is 7.99. The molecule has 2 aromatic heterocycles. The Morgan fingerprint density at radius 3 is 2.47 bits per heavy atom. The number of rotatable bonds is 9. The van der Waals surface area contributed by atoms with Crippen LogP contribution in [0.25, 0.3) is 11.3 Å². The van der Waals surface area contributed by atoms with Crippen LogP contribution in [0.2, 0.25) is 0 Å². The number of hydrogen-bond acceptors (Lipinski definition) is 7. The lowest BCUT2D eigenvalue weighted by Crippen LogP contribution is -2.33. The first-order chi connectivity index (χ1) is 17.3. The SMILES string of the molecule is Cc1ccc(-c2csc(NC(=O)CSc3nnc(C(NC(=O)c4ccccc4)C(C)C)n3C)n2)cc1. The van der Waals surface area contributed by atoms with Gasteiger partial charge in [-0.2, -0.15) is 0 Å². The Kier molecular flexibility index (Phi) is 8.17. The van der Waals surface area contributed by atoms with Crippen molar-refractivity contribution in [1.82, 2.24) is 25.1 Å². The number of hydrogen-bond donors (Lipinski definition) is 2. The second-order valence-electron chi connectivity index (χ2n) is 8.70. The molecule has 0 radical (unpaired) electrons. The third-order valence-electron chi connectivity index (χ3n) is 5.57. The van der Waals surface area contributed by atoms with Gasteiger partial charge in [0, 0.05) is 23.6 Å². The van der Waals surface area contributed by atoms with Crippen LogP contribution in [0.1, 0.15) is 41.6 Å². The molecular weight excluding hydrogens is 492 g/mol. The van der Waals surface area contributed by atoms with E-state index in [9.17, 15) is 9.59 Å². The molecule has 0 spiro atoms. The third kappa shape index (κ3) is 6.19. The predicted octanol–water partition coefficient (Wildman–Crippen LogP) is 5.10. The molecule has 0 aliphatic rings. The number of amides is 2. The molecule has 0 aliphatic heterocycles. The van der Waals surface area contributed by atoms with Crippen LogP contribution in [0.4, 0.5) is 5.13 Å². The molecule has 0 fully saturated rings. The monoisotopic (exact) mass is 520 g/mol. The molecule has 10 heteroatoms. The van der Waals surface area contributed by atoms with Crippen molar-refractivity contribution in [3.63, 3.8) is 0 Å². The summed E-state index contributed by atoms with van der Waals surface area (Å²) in [5.74, 6) is 0.550. The molecule has 4 aromatic rings. The van der Waals surface area contributed by atoms with Crippen molar-refractivity contribution in [3.05, 3.63) is 76.9 Å². The van der Waals surface area contributed by atoms with Gasteiger partial charge in [-0.3, -0.25) is 9.59 Å². The summed E-state index contributed by atoms with van der Waals surface area (Å²) >= 11 is 2.68. The zero-order valence-corrected chi connectivity index (χ0v) is 22.2. The molecule has 0 aliphatic carbocycles. The summed E-state index contributed by atoms with van der Waals surface area (Å²) in [6.07, 6.45) is 0. The van der Waals surface area contributed by atoms with Crippen LogP contribution in [0, 0.1) is 12.8 Å². The highest BCUT2D eigenvalue weighted by Gasteiger charge is 2.25. The number of aryl methyl sites for hydroxylation is 1. The van der Waals surface area contributed by atoms with Crippen LogP contribution in [-0.2, 0) is 11.8 Å². The van der Waals surface area contributed by atoms with Crippen molar-refractivity contribution < 1.29 is 9.59 Å². The first-order valence-corrected chi connectivity index (χ1v) is 13.4. The minimum Gasteiger partial charge on any atom is -0.342 e. The van der Waals surface area contributed by atoms with Gasteiger partial charge in [0.05, 0.1) is 17.5 Å². The number of nitrogens with one attached hydrogen (secondary N) is 2. The molecule has 1 unspecified atom stereocenters. The lowest BCUT2D eigenvalue weighted by atomic mass is 10.0. The normalized spacial score (nSPS) is 11.9. The van der Waals surface area contributed by atoms with Gasteiger partial charge in [-0.25, -0.2) is 4.98 Å². The molecule has 2 aromatic carbocycles. The van der Waals surface area contributed by atoms with Crippen LogP contribution in [0.5, 0.6) is 0 Å². The van der Waals surface area contributed by atoms with Crippen LogP contribution >= 0.6 is 23.1 Å². The highest BCUT2D eigenvalue weighted by atomic mass is 32.2. The minimum absolute atomic E-state index is 0.0920. The zero-order valence-electron chi connectivity index (χ0n) is 20.6. The molecule has 2 heterocycles. The van der Waals surface area contributed by atoms with Gasteiger partial charge in [-0.05, 0) is 25.0 Å². The Morgan fingerprint density at radius 1 is 1.06 bits per heavy atom. The lowest BCUT2D eigenvalue weighted by Gasteiger charge is -2.21. The summed E-state index contributed by atoms with van der Waals surface area (Å²) in [6.45, 7) is 6.07. The van der Waals surface area contributed by atoms with Gasteiger partial charge in [0.25, 0.3) is 5.91 Å². The maximum Gasteiger partial charge on any atom is 0.251 e. The average molecular weight is 521 g/mol. The summed E-state index contributed by atoms with van der Waals surface area (Å²) < 4.78 is 1.83. The van der Waals surface area contributed by atoms with E-state index in [4.69, 9.17) is 0 Å². The van der Waals surface area contributed by atoms with Crippen LogP contribution < -0.4 is 10.6 Å². The summed E-state index contributed by atoms with van der Waals surface area (Å²) in [6, 6.07) is 16.9. The molecular formula is C26H28N6O2S2. The minimum atomic E-state index is -0.325. The molecule has 36 heavy (non-hydrogen) atoms. The Bertz CT molecular complexity index is 1330. The van der Waals surface area contributed by atoms with E-state index in [1.165, 1.54) is 28.7 Å². The van der Waals surface area contributed by atoms with Gasteiger partial charge in [0.15, 0.2) is 16.1 Å². The fourth-order valence-electron chi connectivity index (χ4n) is 3.54. The fourth-order valence-corrected chi connectivity index (χ4v) is 4.99. The van der Waals surface area contributed by atoms with Gasteiger partial charge < -0.3 is 15.2 Å². The summed E-state index contributed by atoms with van der Waals surface area (Å²) in [7, 11) is 1.84. The van der Waals surface area contributed by atoms with E-state index in [-0.39, 0.29) is 29.5 Å². The van der Waals surface area contributed by atoms with Crippen molar-refractivity contribution in [2.75, 3.05) is 11.1 Å². The molecule has 0 saturated carbocycles. The number of aromatic nitrogens is 4. The molecule has 2 N–H and O–H groups in total. The van der Waals surface area contributed by atoms with Crippen LogP contribution in [-0.4, -0.2) is 37.3 Å². The molecule has 2 amide bonds. The lowest BCUT2D eigenvalue weighted by molar-refractivity contribution is -0.113. The maximum absolute atomic E-state index is 12.7. The van der Waals surface area contributed by atoms with E-state index in [1.807, 2.05) is 80.2 Å². The first-order valence-electron chi connectivity index (χ1n) is 11.5. The summed E-state index contributed by atoms with van der Waals surface area (Å²) in [5, 5.41) is 17.6. The number of carbonyl (C=O) groups is 2. The Hall–Kier alpha value is -3.50. The smallest absolute Gasteiger partial charge is 0.251 e. The second kappa shape index (κ2) is 11.5. The van der Waals surface area contributed by atoms with E-state index < -0.39 is 0 Å². The van der Waals surface area contributed by atoms with Gasteiger partial charge in [0.2, 0.25) is 5.91 Å². The first kappa shape index (κ1) is 25.6. The Labute approximate surface area is 218 Å². The van der Waals surface area contributed by atoms with Gasteiger partial charge in [-0.1, -0.05) is 73.6 Å². The Balaban J connectivity index is 1.36. The second-order valence-corrected chi connectivity index (χ2v) is 10.5. The number of benzene rings is 2. The van der Waals surface area contributed by atoms with Gasteiger partial charge >= 0.3 is 0 Å². The Morgan fingerprint density at radius 2 is 1.78 bits per heavy atom. The largest absolute Gasteiger partial charge is 0.342 e. The van der Waals surface area contributed by atoms with Crippen molar-refractivity contribution in [2.45, 2.75) is 32.0 Å². The molecule has 0 saturated heterocycles. The maximum atomic E-state index is 12.7. The molecule has 0 bridgehead atoms. The third-order valence-corrected chi connectivity index (χ3v) is 7.34. The topological polar surface area (TPSA) is 102 Å². The number of anilines is 1. The number of carbonyl (C=O) groups excluding carboxylic acids is 2. The standard InChI is InChI=1S/C26H28N6O2S2/c1-16(2)22(29-24(34)19-8-6-5-7-9-19)23-30-31-26(32(23)4)36-15-21(33)28-25-27-20(14-35-25)18-12-10-17(3)11-13-18/h5-14,16,22H,15H2,1-4H3,(H,29,34)(H,27,28,33). The number of thiazole rings is 1. The molecule has 4 rings (SSSR count). The van der Waals surface area contributed by atoms with Crippen molar-refractivity contribution in [2.24, 2.45) is 13.0 Å². The predicted molar refractivity (Wildman–Crippen MR) is 144 cm³/mol. The van der Waals surface area contributed by atoms with Crippen LogP contribution in [0.15, 0.2) is 65.1 Å². The zero-order chi connectivity index (χ0) is 25.7. The van der Waals surface area contributed by atoms with E-state index in [1.54, 1.807) is 12.1 Å². The molecule has 186 valence electrons. The quantitative estimate of drug-likeness (QED) is 0.298. The van der Waals surface area contributed by atoms with Gasteiger partial charge in [0.1, 0.15) is 0 Å². The highest BCUT2D eigenvalue weighted by Crippen LogP contribution is 2.27. The van der Waals surface area contributed by atoms with Crippen molar-refractivity contribution >= 4 is 40.0 Å². The number of nitrogens with zero attached hydrogens (tertiary/aromatic N) is 4. The van der Waals surface area contributed by atoms with E-state index in [0.717, 1.165) is 11.3 Å². The van der Waals surface area contributed by atoms with E-state index >= 15 is 0 Å². The number of thioether (sulfide) groups is 1. The van der Waals surface area contributed by atoms with Crippen molar-refractivity contribution in [1.29, 1.82) is 0 Å². The van der Waals surface area contributed by atoms with Gasteiger partial charge in [-0.15, -0.1) is 21.5 Å². The van der Waals surface area contributed by atoms with E-state index in [0.29, 0.717) is 21.7 Å². The average Bonchev–Trinajstić information content (AvgIpc) is 3.48. The fraction of sp³-hybridized carbons (Fsp3) is 0.269. The molecule has 1 atom stereocenters. The van der Waals surface area contributed by atoms with E-state index in [2.05, 4.69) is 25.8 Å². The summed E-state index contributed by atoms with van der Waals surface area (Å²) in [5.41, 5.74) is 3.62. The summed E-state index contributed by atoms with van der Waals surface area (Å²) in [4.78, 5) is 29.8. The van der Waals surface area contributed by atoms with Crippen molar-refractivity contribution in [3.8, 4) is 11.3 Å².